The van der Waals surface area contributed by atoms with Gasteiger partial charge in [0.2, 0.25) is 0 Å². The van der Waals surface area contributed by atoms with E-state index in [4.69, 9.17) is 20.7 Å². The largest absolute Gasteiger partial charge is 0.394 e. The van der Waals surface area contributed by atoms with Crippen LogP contribution >= 0.6 is 0 Å². The summed E-state index contributed by atoms with van der Waals surface area (Å²) < 4.78 is 5.21. The van der Waals surface area contributed by atoms with Crippen molar-refractivity contribution >= 4 is 5.91 Å². The van der Waals surface area contributed by atoms with Crippen molar-refractivity contribution in [3.8, 4) is 0 Å². The van der Waals surface area contributed by atoms with Gasteiger partial charge in [0.15, 0.2) is 11.8 Å². The zero-order valence-electron chi connectivity index (χ0n) is 11.1. The van der Waals surface area contributed by atoms with Crippen LogP contribution in [0.15, 0.2) is 0 Å². The van der Waals surface area contributed by atoms with Crippen molar-refractivity contribution in [1.29, 1.82) is 0 Å². The molecule has 1 heterocycles. The maximum absolute atomic E-state index is 11.8. The van der Waals surface area contributed by atoms with Crippen molar-refractivity contribution in [2.24, 2.45) is 5.73 Å². The number of aliphatic hydroxyl groups excluding tert-OH is 5. The average molecular weight is 294 g/mol. The van der Waals surface area contributed by atoms with Crippen LogP contribution in [-0.4, -0.2) is 80.8 Å². The second kappa shape index (κ2) is 6.76. The first-order chi connectivity index (χ1) is 9.25. The molecule has 0 aromatic heterocycles. The zero-order chi connectivity index (χ0) is 15.5. The molecule has 0 radical (unpaired) electrons. The quantitative estimate of drug-likeness (QED) is 0.249. The highest BCUT2D eigenvalue weighted by Crippen LogP contribution is 2.26. The van der Waals surface area contributed by atoms with Crippen molar-refractivity contribution in [2.45, 2.75) is 49.5 Å². The van der Waals surface area contributed by atoms with E-state index in [1.165, 1.54) is 0 Å². The number of ether oxygens (including phenoxy) is 1. The normalized spacial score (nSPS) is 29.8. The van der Waals surface area contributed by atoms with E-state index in [2.05, 4.69) is 5.32 Å². The van der Waals surface area contributed by atoms with Crippen LogP contribution in [0.4, 0.5) is 0 Å². The second-order valence-corrected chi connectivity index (χ2v) is 4.94. The Kier molecular flexibility index (Phi) is 5.83. The Bertz CT molecular complexity index is 335. The third-order valence-corrected chi connectivity index (χ3v) is 3.43. The standard InChI is InChI=1S/C11H22N2O7/c1-5(12)11(2-3-20-11)13-10(19)9(18)8(17)7(16)6(15)4-14/h5-9,14-18H,2-4,12H2,1H3,(H,13,19)/t5?,6-,7-,8+,9-,11?/m1/s1. The molecule has 1 fully saturated rings. The molecule has 20 heavy (non-hydrogen) atoms. The number of nitrogens with two attached hydrogens (primary N) is 1. The minimum absolute atomic E-state index is 0.409. The lowest BCUT2D eigenvalue weighted by molar-refractivity contribution is -0.192. The van der Waals surface area contributed by atoms with E-state index in [1.54, 1.807) is 6.92 Å². The fourth-order valence-corrected chi connectivity index (χ4v) is 1.85. The van der Waals surface area contributed by atoms with Gasteiger partial charge < -0.3 is 41.3 Å². The minimum atomic E-state index is -1.99. The van der Waals surface area contributed by atoms with Gasteiger partial charge in [-0.2, -0.15) is 0 Å². The van der Waals surface area contributed by atoms with E-state index in [1.807, 2.05) is 0 Å². The van der Waals surface area contributed by atoms with Crippen LogP contribution in [0.5, 0.6) is 0 Å². The number of hydrogen-bond acceptors (Lipinski definition) is 8. The van der Waals surface area contributed by atoms with E-state index < -0.39 is 48.7 Å². The number of nitrogens with one attached hydrogen (secondary N) is 1. The summed E-state index contributed by atoms with van der Waals surface area (Å²) in [6.45, 7) is 1.21. The molecule has 2 unspecified atom stereocenters. The Hall–Kier alpha value is -0.810. The third-order valence-electron chi connectivity index (χ3n) is 3.43. The topological polar surface area (TPSA) is 165 Å². The van der Waals surface area contributed by atoms with E-state index in [-0.39, 0.29) is 0 Å². The van der Waals surface area contributed by atoms with Crippen LogP contribution < -0.4 is 11.1 Å². The third kappa shape index (κ3) is 3.44. The van der Waals surface area contributed by atoms with Crippen molar-refractivity contribution in [3.05, 3.63) is 0 Å². The molecule has 0 spiro atoms. The molecule has 1 saturated heterocycles. The van der Waals surface area contributed by atoms with Gasteiger partial charge >= 0.3 is 0 Å². The lowest BCUT2D eigenvalue weighted by atomic mass is 9.96. The molecular formula is C11H22N2O7. The summed E-state index contributed by atoms with van der Waals surface area (Å²) in [6, 6.07) is -0.530. The van der Waals surface area contributed by atoms with Gasteiger partial charge in [-0.25, -0.2) is 0 Å². The summed E-state index contributed by atoms with van der Waals surface area (Å²) in [7, 11) is 0. The Morgan fingerprint density at radius 1 is 1.35 bits per heavy atom. The van der Waals surface area contributed by atoms with E-state index >= 15 is 0 Å². The lowest BCUT2D eigenvalue weighted by Gasteiger charge is -2.45. The van der Waals surface area contributed by atoms with Crippen LogP contribution in [0.3, 0.4) is 0 Å². The first kappa shape index (κ1) is 17.2. The minimum Gasteiger partial charge on any atom is -0.394 e. The van der Waals surface area contributed by atoms with Crippen molar-refractivity contribution in [1.82, 2.24) is 5.32 Å². The second-order valence-electron chi connectivity index (χ2n) is 4.94. The smallest absolute Gasteiger partial charge is 0.253 e. The molecule has 0 saturated carbocycles. The molecule has 0 aliphatic carbocycles. The Morgan fingerprint density at radius 3 is 2.25 bits per heavy atom. The molecule has 6 atom stereocenters. The van der Waals surface area contributed by atoms with Gasteiger partial charge in [0.1, 0.15) is 18.3 Å². The number of hydrogen-bond donors (Lipinski definition) is 7. The number of aliphatic hydroxyl groups is 5. The van der Waals surface area contributed by atoms with Crippen molar-refractivity contribution < 1.29 is 35.1 Å². The van der Waals surface area contributed by atoms with Crippen LogP contribution in [0.2, 0.25) is 0 Å². The maximum Gasteiger partial charge on any atom is 0.253 e. The molecule has 0 bridgehead atoms. The molecule has 1 rings (SSSR count). The fraction of sp³-hybridized carbons (Fsp3) is 0.909. The first-order valence-corrected chi connectivity index (χ1v) is 6.30. The Labute approximate surface area is 116 Å². The van der Waals surface area contributed by atoms with Crippen LogP contribution in [-0.2, 0) is 9.53 Å². The molecule has 1 aliphatic rings. The summed E-state index contributed by atoms with van der Waals surface area (Å²) in [5.74, 6) is -0.987. The fourth-order valence-electron chi connectivity index (χ4n) is 1.85. The molecule has 8 N–H and O–H groups in total. The Morgan fingerprint density at radius 2 is 1.90 bits per heavy atom. The molecular weight excluding hydrogens is 272 g/mol. The summed E-state index contributed by atoms with van der Waals surface area (Å²) in [4.78, 5) is 11.8. The van der Waals surface area contributed by atoms with Gasteiger partial charge in [-0.3, -0.25) is 4.79 Å². The molecule has 0 aromatic carbocycles. The average Bonchev–Trinajstić information content (AvgIpc) is 2.38. The molecule has 1 amide bonds. The van der Waals surface area contributed by atoms with Gasteiger partial charge in [-0.15, -0.1) is 0 Å². The molecule has 9 heteroatoms. The van der Waals surface area contributed by atoms with Crippen molar-refractivity contribution in [2.75, 3.05) is 13.2 Å². The predicted octanol–water partition coefficient (Wildman–Crippen LogP) is -4.00. The molecule has 9 nitrogen and oxygen atoms in total. The highest BCUT2D eigenvalue weighted by atomic mass is 16.5. The molecule has 118 valence electrons. The predicted molar refractivity (Wildman–Crippen MR) is 66.2 cm³/mol. The van der Waals surface area contributed by atoms with Gasteiger partial charge in [0.25, 0.3) is 5.91 Å². The molecule has 1 aliphatic heterocycles. The maximum atomic E-state index is 11.8. The lowest BCUT2D eigenvalue weighted by Crippen LogP contribution is -2.68. The zero-order valence-corrected chi connectivity index (χ0v) is 11.1. The number of carbonyl (C=O) groups excluding carboxylic acids is 1. The molecule has 0 aromatic rings. The van der Waals surface area contributed by atoms with Gasteiger partial charge in [-0.1, -0.05) is 0 Å². The highest BCUT2D eigenvalue weighted by molar-refractivity contribution is 5.82. The highest BCUT2D eigenvalue weighted by Gasteiger charge is 2.45. The van der Waals surface area contributed by atoms with Gasteiger partial charge in [0.05, 0.1) is 13.2 Å². The number of carbonyl (C=O) groups is 1. The van der Waals surface area contributed by atoms with Crippen LogP contribution in [0.1, 0.15) is 13.3 Å². The van der Waals surface area contributed by atoms with Crippen LogP contribution in [0, 0.1) is 0 Å². The summed E-state index contributed by atoms with van der Waals surface area (Å²) in [5.41, 5.74) is 4.58. The monoisotopic (exact) mass is 294 g/mol. The Balaban J connectivity index is 2.62. The summed E-state index contributed by atoms with van der Waals surface area (Å²) in [6.07, 6.45) is -7.03. The van der Waals surface area contributed by atoms with E-state index in [9.17, 15) is 20.1 Å². The summed E-state index contributed by atoms with van der Waals surface area (Å²) >= 11 is 0. The number of amides is 1. The van der Waals surface area contributed by atoms with Crippen LogP contribution in [0.25, 0.3) is 0 Å². The van der Waals surface area contributed by atoms with Gasteiger partial charge in [-0.05, 0) is 6.92 Å². The number of rotatable bonds is 7. The summed E-state index contributed by atoms with van der Waals surface area (Å²) in [5, 5.41) is 48.8. The van der Waals surface area contributed by atoms with Crippen molar-refractivity contribution in [3.63, 3.8) is 0 Å². The first-order valence-electron chi connectivity index (χ1n) is 6.30. The SMILES string of the molecule is CC(N)C1(NC(=O)[C@H](O)[C@@H](O)[C@H](O)[C@H](O)CO)CCO1. The van der Waals surface area contributed by atoms with Gasteiger partial charge in [0, 0.05) is 12.5 Å². The van der Waals surface area contributed by atoms with E-state index in [0.717, 1.165) is 0 Å². The van der Waals surface area contributed by atoms with E-state index in [0.29, 0.717) is 13.0 Å².